The van der Waals surface area contributed by atoms with Crippen molar-refractivity contribution in [3.05, 3.63) is 96.1 Å². The molecule has 0 heterocycles. The number of benzene rings is 3. The summed E-state index contributed by atoms with van der Waals surface area (Å²) in [7, 11) is 1.32. The zero-order valence-corrected chi connectivity index (χ0v) is 22.4. The van der Waals surface area contributed by atoms with Gasteiger partial charge in [-0.3, -0.25) is 14.8 Å². The number of hydrazine groups is 2. The largest absolute Gasteiger partial charge is 0.468 e. The molecule has 0 atom stereocenters. The van der Waals surface area contributed by atoms with Crippen LogP contribution in [0.2, 0.25) is 0 Å². The van der Waals surface area contributed by atoms with Gasteiger partial charge in [0.1, 0.15) is 0 Å². The Bertz CT molecular complexity index is 1160. The Morgan fingerprint density at radius 2 is 1.35 bits per heavy atom. The van der Waals surface area contributed by atoms with Gasteiger partial charge >= 0.3 is 5.97 Å². The SMILES string of the molecule is COC(=O)CS/C(=N/N)N(N)c1ccccc1.Cc1cccc(N(N)/C(=N\N)SCc2ccccc2)c1. The van der Waals surface area contributed by atoms with Crippen molar-refractivity contribution in [3.63, 3.8) is 0 Å². The molecule has 0 spiro atoms. The fourth-order valence-corrected chi connectivity index (χ4v) is 4.32. The van der Waals surface area contributed by atoms with E-state index in [1.807, 2.05) is 79.7 Å². The second-order valence-electron chi connectivity index (χ2n) is 7.38. The predicted octanol–water partition coefficient (Wildman–Crippen LogP) is 3.34. The molecule has 196 valence electrons. The van der Waals surface area contributed by atoms with Gasteiger partial charge in [0, 0.05) is 5.75 Å². The summed E-state index contributed by atoms with van der Waals surface area (Å²) in [6, 6.07) is 27.2. The van der Waals surface area contributed by atoms with E-state index < -0.39 is 0 Å². The van der Waals surface area contributed by atoms with Crippen LogP contribution in [0.4, 0.5) is 11.4 Å². The Kier molecular flexibility index (Phi) is 12.9. The number of thioether (sulfide) groups is 2. The van der Waals surface area contributed by atoms with Crippen LogP contribution in [0.3, 0.4) is 0 Å². The molecule has 0 unspecified atom stereocenters. The third-order valence-electron chi connectivity index (χ3n) is 4.70. The molecule has 3 aromatic carbocycles. The lowest BCUT2D eigenvalue weighted by Crippen LogP contribution is -2.36. The third kappa shape index (κ3) is 10.1. The third-order valence-corrected chi connectivity index (χ3v) is 6.68. The Morgan fingerprint density at radius 3 is 1.92 bits per heavy atom. The van der Waals surface area contributed by atoms with E-state index >= 15 is 0 Å². The number of esters is 1. The van der Waals surface area contributed by atoms with E-state index in [1.165, 1.54) is 34.5 Å². The summed E-state index contributed by atoms with van der Waals surface area (Å²) in [5, 5.41) is 11.1. The molecule has 10 nitrogen and oxygen atoms in total. The molecule has 12 heteroatoms. The van der Waals surface area contributed by atoms with E-state index in [1.54, 1.807) is 0 Å². The standard InChI is InChI=1S/C15H18N4S.C10H14N4O2S/c1-12-6-5-9-14(10-12)19(17)15(18-16)20-11-13-7-3-2-4-8-13;1-16-9(15)7-17-10(13-11)14(12)8-5-3-2-4-6-8/h2-10H,11,16-17H2,1H3;2-6H,7,11-12H2,1H3/b18-15+;13-10+. The van der Waals surface area contributed by atoms with E-state index in [0.717, 1.165) is 34.5 Å². The van der Waals surface area contributed by atoms with Crippen molar-refractivity contribution in [2.24, 2.45) is 33.6 Å². The van der Waals surface area contributed by atoms with Crippen LogP contribution in [0.15, 0.2) is 95.1 Å². The van der Waals surface area contributed by atoms with Gasteiger partial charge in [-0.05, 0) is 42.3 Å². The highest BCUT2D eigenvalue weighted by Crippen LogP contribution is 2.20. The van der Waals surface area contributed by atoms with E-state index in [4.69, 9.17) is 23.4 Å². The molecule has 0 aliphatic heterocycles. The average molecular weight is 541 g/mol. The van der Waals surface area contributed by atoms with Crippen molar-refractivity contribution in [2.75, 3.05) is 22.9 Å². The van der Waals surface area contributed by atoms with Crippen molar-refractivity contribution in [2.45, 2.75) is 12.7 Å². The summed E-state index contributed by atoms with van der Waals surface area (Å²) in [6.07, 6.45) is 0. The molecule has 0 fully saturated rings. The van der Waals surface area contributed by atoms with Crippen LogP contribution in [0, 0.1) is 6.92 Å². The minimum absolute atomic E-state index is 0.104. The quantitative estimate of drug-likeness (QED) is 0.120. The summed E-state index contributed by atoms with van der Waals surface area (Å²) in [5.41, 5.74) is 3.95. The Morgan fingerprint density at radius 1 is 0.811 bits per heavy atom. The number of anilines is 2. The summed E-state index contributed by atoms with van der Waals surface area (Å²) in [6.45, 7) is 2.02. The first-order valence-corrected chi connectivity index (χ1v) is 13.0. The Labute approximate surface area is 225 Å². The number of hydrogen-bond acceptors (Lipinski definition) is 10. The lowest BCUT2D eigenvalue weighted by molar-refractivity contribution is -0.137. The maximum Gasteiger partial charge on any atom is 0.316 e. The van der Waals surface area contributed by atoms with Crippen LogP contribution >= 0.6 is 23.5 Å². The highest BCUT2D eigenvalue weighted by Gasteiger charge is 2.13. The van der Waals surface area contributed by atoms with Crippen molar-refractivity contribution in [1.82, 2.24) is 0 Å². The first-order chi connectivity index (χ1) is 17.9. The Hall–Kier alpha value is -3.71. The Balaban J connectivity index is 0.000000264. The summed E-state index contributed by atoms with van der Waals surface area (Å²) in [5.74, 6) is 23.1. The van der Waals surface area contributed by atoms with Gasteiger partial charge in [-0.2, -0.15) is 10.2 Å². The van der Waals surface area contributed by atoms with Crippen LogP contribution in [0.1, 0.15) is 11.1 Å². The van der Waals surface area contributed by atoms with E-state index in [9.17, 15) is 4.79 Å². The van der Waals surface area contributed by atoms with Gasteiger partial charge in [0.2, 0.25) is 10.3 Å². The number of nitrogens with zero attached hydrogens (tertiary/aromatic N) is 4. The number of hydrazone groups is 2. The number of carbonyl (C=O) groups excluding carboxylic acids is 1. The molecule has 3 aromatic rings. The van der Waals surface area contributed by atoms with E-state index in [0.29, 0.717) is 10.3 Å². The normalized spacial score (nSPS) is 11.2. The van der Waals surface area contributed by atoms with Crippen LogP contribution < -0.4 is 33.4 Å². The minimum Gasteiger partial charge on any atom is -0.468 e. The van der Waals surface area contributed by atoms with Gasteiger partial charge in [0.05, 0.1) is 24.2 Å². The second kappa shape index (κ2) is 16.1. The highest BCUT2D eigenvalue weighted by molar-refractivity contribution is 8.14. The van der Waals surface area contributed by atoms with Crippen molar-refractivity contribution in [1.29, 1.82) is 0 Å². The number of ether oxygens (including phenoxy) is 1. The fourth-order valence-electron chi connectivity index (χ4n) is 2.83. The van der Waals surface area contributed by atoms with Gasteiger partial charge in [-0.25, -0.2) is 11.7 Å². The smallest absolute Gasteiger partial charge is 0.316 e. The minimum atomic E-state index is -0.363. The monoisotopic (exact) mass is 540 g/mol. The molecule has 0 aliphatic carbocycles. The van der Waals surface area contributed by atoms with Crippen molar-refractivity contribution >= 4 is 51.2 Å². The molecule has 0 saturated heterocycles. The molecule has 0 saturated carbocycles. The van der Waals surface area contributed by atoms with Crippen LogP contribution in [-0.4, -0.2) is 29.2 Å². The molecular formula is C25H32N8O2S2. The molecular weight excluding hydrogens is 508 g/mol. The van der Waals surface area contributed by atoms with Gasteiger partial charge in [0.15, 0.2) is 0 Å². The van der Waals surface area contributed by atoms with Crippen molar-refractivity contribution < 1.29 is 9.53 Å². The van der Waals surface area contributed by atoms with Gasteiger partial charge in [-0.1, -0.05) is 84.2 Å². The molecule has 0 aromatic heterocycles. The number of para-hydroxylation sites is 1. The molecule has 0 amide bonds. The van der Waals surface area contributed by atoms with E-state index in [-0.39, 0.29) is 11.7 Å². The molecule has 0 radical (unpaired) electrons. The molecule has 3 rings (SSSR count). The predicted molar refractivity (Wildman–Crippen MR) is 156 cm³/mol. The summed E-state index contributed by atoms with van der Waals surface area (Å²) >= 11 is 2.62. The number of carbonyl (C=O) groups is 1. The topological polar surface area (TPSA) is 162 Å². The average Bonchev–Trinajstić information content (AvgIpc) is 2.94. The molecule has 8 N–H and O–H groups in total. The van der Waals surface area contributed by atoms with Gasteiger partial charge < -0.3 is 16.4 Å². The summed E-state index contributed by atoms with van der Waals surface area (Å²) < 4.78 is 4.52. The zero-order valence-electron chi connectivity index (χ0n) is 20.7. The number of amidine groups is 2. The van der Waals surface area contributed by atoms with Crippen LogP contribution in [-0.2, 0) is 15.3 Å². The van der Waals surface area contributed by atoms with Crippen LogP contribution in [0.5, 0.6) is 0 Å². The molecule has 0 bridgehead atoms. The molecule has 0 aliphatic rings. The second-order valence-corrected chi connectivity index (χ2v) is 9.26. The molecule has 37 heavy (non-hydrogen) atoms. The first-order valence-electron chi connectivity index (χ1n) is 11.0. The number of aryl methyl sites for hydroxylation is 1. The lowest BCUT2D eigenvalue weighted by Gasteiger charge is -2.19. The summed E-state index contributed by atoms with van der Waals surface area (Å²) in [4.78, 5) is 11.0. The first kappa shape index (κ1) is 29.5. The number of nitrogens with two attached hydrogens (primary N) is 4. The van der Waals surface area contributed by atoms with Gasteiger partial charge in [0.25, 0.3) is 0 Å². The number of hydrogen-bond donors (Lipinski definition) is 4. The number of methoxy groups -OCH3 is 1. The fraction of sp³-hybridized carbons (Fsp3) is 0.160. The lowest BCUT2D eigenvalue weighted by atomic mass is 10.2. The van der Waals surface area contributed by atoms with Crippen molar-refractivity contribution in [3.8, 4) is 0 Å². The number of rotatable bonds is 6. The van der Waals surface area contributed by atoms with Gasteiger partial charge in [-0.15, -0.1) is 0 Å². The maximum absolute atomic E-state index is 11.0. The zero-order chi connectivity index (χ0) is 27.0. The van der Waals surface area contributed by atoms with Crippen LogP contribution in [0.25, 0.3) is 0 Å². The van der Waals surface area contributed by atoms with E-state index in [2.05, 4.69) is 27.1 Å². The highest BCUT2D eigenvalue weighted by atomic mass is 32.2. The maximum atomic E-state index is 11.0.